The number of halogens is 1. The molecule has 1 rings (SSSR count). The number of hydrogen-bond acceptors (Lipinski definition) is 4. The lowest BCUT2D eigenvalue weighted by Gasteiger charge is -2.03. The number of rotatable bonds is 5. The van der Waals surface area contributed by atoms with Gasteiger partial charge < -0.3 is 13.3 Å². The van der Waals surface area contributed by atoms with Crippen molar-refractivity contribution in [2.75, 3.05) is 13.9 Å². The van der Waals surface area contributed by atoms with E-state index in [1.54, 1.807) is 31.4 Å². The van der Waals surface area contributed by atoms with Crippen molar-refractivity contribution in [3.8, 4) is 0 Å². The van der Waals surface area contributed by atoms with Crippen LogP contribution in [0, 0.1) is 0 Å². The summed E-state index contributed by atoms with van der Waals surface area (Å²) in [6.45, 7) is 0.711. The van der Waals surface area contributed by atoms with Crippen LogP contribution in [0.2, 0.25) is 0 Å². The average Bonchev–Trinajstić information content (AvgIpc) is 2.29. The van der Waals surface area contributed by atoms with Crippen molar-refractivity contribution in [1.29, 1.82) is 0 Å². The minimum absolute atomic E-state index is 0.255. The molecule has 0 unspecified atom stereocenters. The quantitative estimate of drug-likeness (QED) is 0.611. The van der Waals surface area contributed by atoms with E-state index in [9.17, 15) is 4.79 Å². The van der Waals surface area contributed by atoms with E-state index in [2.05, 4.69) is 20.1 Å². The van der Waals surface area contributed by atoms with Crippen LogP contribution in [0.1, 0.15) is 15.9 Å². The molecule has 0 bridgehead atoms. The molecule has 0 aliphatic heterocycles. The Morgan fingerprint density at radius 3 is 2.53 bits per heavy atom. The van der Waals surface area contributed by atoms with E-state index < -0.39 is 5.97 Å². The van der Waals surface area contributed by atoms with Gasteiger partial charge in [-0.05, 0) is 17.7 Å². The fraction of sp³-hybridized carbons (Fsp3) is 0.300. The van der Waals surface area contributed by atoms with E-state index in [0.29, 0.717) is 12.2 Å². The summed E-state index contributed by atoms with van der Waals surface area (Å²) in [5, 5.41) is 0. The van der Waals surface area contributed by atoms with Crippen LogP contribution in [0.15, 0.2) is 24.3 Å². The second-order valence-electron chi connectivity index (χ2n) is 2.82. The first-order valence-electron chi connectivity index (χ1n) is 4.26. The molecular formula is C10H11BrO4. The Balaban J connectivity index is 2.52. The standard InChI is InChI=1S/C10H11BrO4/c1-13-7-14-6-8-2-4-9(5-3-8)10(12)15-11/h2-5H,6-7H2,1H3. The van der Waals surface area contributed by atoms with E-state index in [1.807, 2.05) is 0 Å². The van der Waals surface area contributed by atoms with Crippen molar-refractivity contribution < 1.29 is 18.1 Å². The fourth-order valence-corrected chi connectivity index (χ4v) is 1.21. The Hall–Kier alpha value is -0.910. The number of ether oxygens (including phenoxy) is 2. The van der Waals surface area contributed by atoms with Crippen LogP contribution in [-0.4, -0.2) is 19.9 Å². The molecule has 0 aromatic heterocycles. The molecule has 15 heavy (non-hydrogen) atoms. The summed E-state index contributed by atoms with van der Waals surface area (Å²) in [6.07, 6.45) is 0. The molecule has 5 heteroatoms. The molecule has 1 aromatic carbocycles. The molecule has 0 radical (unpaired) electrons. The van der Waals surface area contributed by atoms with Crippen LogP contribution in [0.4, 0.5) is 0 Å². The predicted octanol–water partition coefficient (Wildman–Crippen LogP) is 2.27. The molecule has 0 saturated carbocycles. The molecule has 4 nitrogen and oxygen atoms in total. The van der Waals surface area contributed by atoms with Crippen LogP contribution in [0.25, 0.3) is 0 Å². The summed E-state index contributed by atoms with van der Waals surface area (Å²) in [5.74, 6) is -0.417. The first kappa shape index (κ1) is 12.2. The molecule has 0 fully saturated rings. The van der Waals surface area contributed by atoms with Crippen LogP contribution >= 0.6 is 16.3 Å². The SMILES string of the molecule is COCOCc1ccc(C(=O)OBr)cc1. The van der Waals surface area contributed by atoms with Crippen molar-refractivity contribution in [2.24, 2.45) is 0 Å². The zero-order valence-corrected chi connectivity index (χ0v) is 9.82. The summed E-state index contributed by atoms with van der Waals surface area (Å²) in [5.41, 5.74) is 1.46. The Morgan fingerprint density at radius 2 is 2.00 bits per heavy atom. The molecule has 1 aromatic rings. The summed E-state index contributed by atoms with van der Waals surface area (Å²) in [6, 6.07) is 6.95. The highest BCUT2D eigenvalue weighted by atomic mass is 79.9. The van der Waals surface area contributed by atoms with Gasteiger partial charge in [0.25, 0.3) is 0 Å². The van der Waals surface area contributed by atoms with Crippen molar-refractivity contribution in [2.45, 2.75) is 6.61 Å². The molecule has 0 aliphatic carbocycles. The lowest BCUT2D eigenvalue weighted by atomic mass is 10.1. The zero-order valence-electron chi connectivity index (χ0n) is 8.23. The smallest absolute Gasteiger partial charge is 0.349 e. The minimum atomic E-state index is -0.417. The van der Waals surface area contributed by atoms with Gasteiger partial charge in [-0.3, -0.25) is 0 Å². The summed E-state index contributed by atoms with van der Waals surface area (Å²) >= 11 is 2.63. The Bertz CT molecular complexity index is 310. The van der Waals surface area contributed by atoms with E-state index in [1.165, 1.54) is 0 Å². The first-order valence-corrected chi connectivity index (χ1v) is 4.91. The highest BCUT2D eigenvalue weighted by Gasteiger charge is 2.04. The van der Waals surface area contributed by atoms with Crippen molar-refractivity contribution in [3.05, 3.63) is 35.4 Å². The van der Waals surface area contributed by atoms with E-state index in [4.69, 9.17) is 9.47 Å². The number of carbonyl (C=O) groups is 1. The lowest BCUT2D eigenvalue weighted by Crippen LogP contribution is -1.99. The topological polar surface area (TPSA) is 44.8 Å². The normalized spacial score (nSPS) is 10.0. The highest BCUT2D eigenvalue weighted by Crippen LogP contribution is 2.08. The maximum atomic E-state index is 11.1. The monoisotopic (exact) mass is 274 g/mol. The Kier molecular flexibility index (Phi) is 5.31. The molecule has 0 saturated heterocycles. The van der Waals surface area contributed by atoms with E-state index >= 15 is 0 Å². The summed E-state index contributed by atoms with van der Waals surface area (Å²) in [4.78, 5) is 11.1. The van der Waals surface area contributed by atoms with Gasteiger partial charge in [0, 0.05) is 7.11 Å². The van der Waals surface area contributed by atoms with Crippen LogP contribution in [0.5, 0.6) is 0 Å². The van der Waals surface area contributed by atoms with Gasteiger partial charge in [-0.2, -0.15) is 0 Å². The third-order valence-electron chi connectivity index (χ3n) is 1.73. The molecule has 0 spiro atoms. The van der Waals surface area contributed by atoms with E-state index in [0.717, 1.165) is 5.56 Å². The van der Waals surface area contributed by atoms with Crippen LogP contribution in [-0.2, 0) is 19.9 Å². The summed E-state index contributed by atoms with van der Waals surface area (Å²) in [7, 11) is 1.56. The van der Waals surface area contributed by atoms with Gasteiger partial charge in [-0.1, -0.05) is 12.1 Å². The first-order chi connectivity index (χ1) is 7.27. The Labute approximate surface area is 96.6 Å². The van der Waals surface area contributed by atoms with Gasteiger partial charge in [0.05, 0.1) is 12.2 Å². The lowest BCUT2D eigenvalue weighted by molar-refractivity contribution is -0.0390. The van der Waals surface area contributed by atoms with Crippen molar-refractivity contribution in [3.63, 3.8) is 0 Å². The maximum absolute atomic E-state index is 11.1. The highest BCUT2D eigenvalue weighted by molar-refractivity contribution is 9.06. The van der Waals surface area contributed by atoms with Gasteiger partial charge in [-0.15, -0.1) is 0 Å². The second kappa shape index (κ2) is 6.55. The Morgan fingerprint density at radius 1 is 1.33 bits per heavy atom. The van der Waals surface area contributed by atoms with Gasteiger partial charge in [-0.25, -0.2) is 4.79 Å². The molecule has 0 atom stereocenters. The largest absolute Gasteiger partial charge is 0.380 e. The second-order valence-corrected chi connectivity index (χ2v) is 3.14. The molecule has 0 amide bonds. The maximum Gasteiger partial charge on any atom is 0.349 e. The summed E-state index contributed by atoms with van der Waals surface area (Å²) < 4.78 is 14.3. The number of carbonyl (C=O) groups excluding carboxylic acids is 1. The zero-order chi connectivity index (χ0) is 11.1. The number of benzene rings is 1. The number of methoxy groups -OCH3 is 1. The van der Waals surface area contributed by atoms with E-state index in [-0.39, 0.29) is 6.79 Å². The predicted molar refractivity (Wildman–Crippen MR) is 57.4 cm³/mol. The number of hydrogen-bond donors (Lipinski definition) is 0. The molecule has 0 heterocycles. The van der Waals surface area contributed by atoms with Crippen LogP contribution < -0.4 is 0 Å². The van der Waals surface area contributed by atoms with Crippen molar-refractivity contribution in [1.82, 2.24) is 0 Å². The minimum Gasteiger partial charge on any atom is -0.380 e. The van der Waals surface area contributed by atoms with Gasteiger partial charge in [0.1, 0.15) is 6.79 Å². The van der Waals surface area contributed by atoms with Gasteiger partial charge >= 0.3 is 5.97 Å². The van der Waals surface area contributed by atoms with Gasteiger partial charge in [0.15, 0.2) is 16.3 Å². The molecule has 0 aliphatic rings. The average molecular weight is 275 g/mol. The van der Waals surface area contributed by atoms with Crippen molar-refractivity contribution >= 4 is 22.2 Å². The molecule has 82 valence electrons. The molecule has 0 N–H and O–H groups in total. The third kappa shape index (κ3) is 3.99. The third-order valence-corrected chi connectivity index (χ3v) is 2.02. The van der Waals surface area contributed by atoms with Gasteiger partial charge in [0.2, 0.25) is 0 Å². The molecular weight excluding hydrogens is 264 g/mol. The van der Waals surface area contributed by atoms with Crippen LogP contribution in [0.3, 0.4) is 0 Å². The fourth-order valence-electron chi connectivity index (χ4n) is 1.02.